The monoisotopic (exact) mass is 643 g/mol. The Morgan fingerprint density at radius 2 is 1.08 bits per heavy atom. The number of hydrogen-bond donors (Lipinski definition) is 0. The first-order valence-corrected chi connectivity index (χ1v) is 17.4. The van der Waals surface area contributed by atoms with Crippen LogP contribution < -0.4 is 4.90 Å². The van der Waals surface area contributed by atoms with Gasteiger partial charge in [-0.15, -0.1) is 0 Å². The van der Waals surface area contributed by atoms with E-state index in [1.54, 1.807) is 0 Å². The molecule has 0 fully saturated rings. The summed E-state index contributed by atoms with van der Waals surface area (Å²) in [6.07, 6.45) is 0. The summed E-state index contributed by atoms with van der Waals surface area (Å²) in [6, 6.07) is 61.4. The minimum absolute atomic E-state index is 0.0167. The van der Waals surface area contributed by atoms with E-state index in [1.165, 1.54) is 49.4 Å². The fourth-order valence-electron chi connectivity index (χ4n) is 7.48. The van der Waals surface area contributed by atoms with Gasteiger partial charge in [0, 0.05) is 33.7 Å². The highest BCUT2D eigenvalue weighted by Gasteiger charge is 2.25. The number of fused-ring (bicyclic) bond motifs is 5. The molecule has 0 aliphatic rings. The summed E-state index contributed by atoms with van der Waals surface area (Å²) in [5.41, 5.74) is 11.1. The molecule has 0 aliphatic carbocycles. The quantitative estimate of drug-likeness (QED) is 0.186. The first kappa shape index (κ1) is 30.0. The van der Waals surface area contributed by atoms with Gasteiger partial charge in [-0.3, -0.25) is 0 Å². The summed E-state index contributed by atoms with van der Waals surface area (Å²) in [6.45, 7) is 6.85. The molecule has 9 rings (SSSR count). The maximum Gasteiger partial charge on any atom is 0.137 e. The molecule has 0 spiro atoms. The fraction of sp³-hybridized carbons (Fsp3) is 0.0833. The average molecular weight is 644 g/mol. The molecule has 0 N–H and O–H groups in total. The number of benzene rings is 8. The molecule has 0 amide bonds. The van der Waals surface area contributed by atoms with Crippen LogP contribution in [0.15, 0.2) is 174 Å². The van der Waals surface area contributed by atoms with E-state index in [2.05, 4.69) is 183 Å². The number of para-hydroxylation sites is 1. The molecular formula is C48H37NO. The molecule has 240 valence electrons. The van der Waals surface area contributed by atoms with Gasteiger partial charge in [-0.2, -0.15) is 0 Å². The molecule has 0 atom stereocenters. The molecule has 1 aromatic heterocycles. The van der Waals surface area contributed by atoms with Crippen molar-refractivity contribution in [2.24, 2.45) is 0 Å². The summed E-state index contributed by atoms with van der Waals surface area (Å²) >= 11 is 0. The minimum Gasteiger partial charge on any atom is -0.456 e. The Hall–Kier alpha value is -6.12. The predicted molar refractivity (Wildman–Crippen MR) is 213 cm³/mol. The highest BCUT2D eigenvalue weighted by molar-refractivity contribution is 6.12. The predicted octanol–water partition coefficient (Wildman–Crippen LogP) is 14.0. The standard InChI is InChI=1S/C48H37NO/c1-48(2,3)35-25-29-43(42(30-35)33-14-5-4-6-15-33)49(36-26-27-40-39-21-11-12-23-45(39)50-46(40)31-36)44-28-24-34-17-8-10-20-38(34)47(44)41-22-13-18-32-16-7-9-19-37(32)41/h4-31H,1-3H3. The van der Waals surface area contributed by atoms with Crippen molar-refractivity contribution >= 4 is 60.5 Å². The number of hydrogen-bond acceptors (Lipinski definition) is 2. The second-order valence-electron chi connectivity index (χ2n) is 14.2. The van der Waals surface area contributed by atoms with Crippen molar-refractivity contribution in [3.63, 3.8) is 0 Å². The lowest BCUT2D eigenvalue weighted by atomic mass is 9.84. The van der Waals surface area contributed by atoms with Gasteiger partial charge in [0.2, 0.25) is 0 Å². The van der Waals surface area contributed by atoms with Crippen LogP contribution >= 0.6 is 0 Å². The zero-order chi connectivity index (χ0) is 33.8. The first-order valence-electron chi connectivity index (χ1n) is 17.4. The zero-order valence-corrected chi connectivity index (χ0v) is 28.5. The van der Waals surface area contributed by atoms with Crippen molar-refractivity contribution in [1.29, 1.82) is 0 Å². The number of nitrogens with zero attached hydrogens (tertiary/aromatic N) is 1. The van der Waals surface area contributed by atoms with Gasteiger partial charge in [-0.1, -0.05) is 148 Å². The number of anilines is 3. The van der Waals surface area contributed by atoms with E-state index >= 15 is 0 Å². The van der Waals surface area contributed by atoms with Crippen molar-refractivity contribution in [3.05, 3.63) is 175 Å². The largest absolute Gasteiger partial charge is 0.456 e. The molecule has 8 aromatic carbocycles. The maximum absolute atomic E-state index is 6.51. The number of furan rings is 1. The lowest BCUT2D eigenvalue weighted by molar-refractivity contribution is 0.590. The van der Waals surface area contributed by atoms with Crippen LogP contribution in [-0.2, 0) is 5.41 Å². The van der Waals surface area contributed by atoms with Crippen LogP contribution in [0.2, 0.25) is 0 Å². The zero-order valence-electron chi connectivity index (χ0n) is 28.5. The third-order valence-corrected chi connectivity index (χ3v) is 10.0. The molecule has 1 heterocycles. The third-order valence-electron chi connectivity index (χ3n) is 10.0. The molecule has 0 saturated carbocycles. The van der Waals surface area contributed by atoms with E-state index in [0.29, 0.717) is 0 Å². The normalized spacial score (nSPS) is 11.9. The number of rotatable bonds is 5. The SMILES string of the molecule is CC(C)(C)c1ccc(N(c2ccc3c(c2)oc2ccccc23)c2ccc3ccccc3c2-c2cccc3ccccc23)c(-c2ccccc2)c1. The van der Waals surface area contributed by atoms with E-state index in [-0.39, 0.29) is 5.41 Å². The minimum atomic E-state index is -0.0167. The van der Waals surface area contributed by atoms with Gasteiger partial charge in [0.15, 0.2) is 0 Å². The van der Waals surface area contributed by atoms with Gasteiger partial charge in [0.05, 0.1) is 11.4 Å². The van der Waals surface area contributed by atoms with Crippen LogP contribution in [0.5, 0.6) is 0 Å². The van der Waals surface area contributed by atoms with E-state index in [1.807, 2.05) is 12.1 Å². The maximum atomic E-state index is 6.51. The van der Waals surface area contributed by atoms with Crippen LogP contribution in [0.3, 0.4) is 0 Å². The van der Waals surface area contributed by atoms with Crippen LogP contribution in [0.4, 0.5) is 17.1 Å². The Balaban J connectivity index is 1.41. The second kappa shape index (κ2) is 11.8. The van der Waals surface area contributed by atoms with Gasteiger partial charge < -0.3 is 9.32 Å². The van der Waals surface area contributed by atoms with Crippen LogP contribution in [0.25, 0.3) is 65.7 Å². The fourth-order valence-corrected chi connectivity index (χ4v) is 7.48. The van der Waals surface area contributed by atoms with Crippen molar-refractivity contribution < 1.29 is 4.42 Å². The van der Waals surface area contributed by atoms with E-state index < -0.39 is 0 Å². The smallest absolute Gasteiger partial charge is 0.137 e. The second-order valence-corrected chi connectivity index (χ2v) is 14.2. The Bertz CT molecular complexity index is 2690. The highest BCUT2D eigenvalue weighted by Crippen LogP contribution is 2.49. The summed E-state index contributed by atoms with van der Waals surface area (Å²) in [4.78, 5) is 2.45. The summed E-state index contributed by atoms with van der Waals surface area (Å²) < 4.78 is 6.51. The summed E-state index contributed by atoms with van der Waals surface area (Å²) in [5, 5.41) is 7.11. The molecule has 0 bridgehead atoms. The molecule has 2 heteroatoms. The van der Waals surface area contributed by atoms with Gasteiger partial charge >= 0.3 is 0 Å². The topological polar surface area (TPSA) is 16.4 Å². The lowest BCUT2D eigenvalue weighted by Gasteiger charge is -2.32. The molecule has 0 radical (unpaired) electrons. The first-order chi connectivity index (χ1) is 24.4. The Kier molecular flexibility index (Phi) is 7.07. The van der Waals surface area contributed by atoms with Gasteiger partial charge in [-0.25, -0.2) is 0 Å². The van der Waals surface area contributed by atoms with Gasteiger partial charge in [-0.05, 0) is 80.0 Å². The van der Waals surface area contributed by atoms with Crippen LogP contribution in [0.1, 0.15) is 26.3 Å². The highest BCUT2D eigenvalue weighted by atomic mass is 16.3. The molecule has 0 saturated heterocycles. The van der Waals surface area contributed by atoms with E-state index in [0.717, 1.165) is 39.0 Å². The molecule has 0 aliphatic heterocycles. The summed E-state index contributed by atoms with van der Waals surface area (Å²) in [5.74, 6) is 0. The van der Waals surface area contributed by atoms with E-state index in [4.69, 9.17) is 4.42 Å². The Morgan fingerprint density at radius 3 is 1.88 bits per heavy atom. The average Bonchev–Trinajstić information content (AvgIpc) is 3.53. The molecule has 50 heavy (non-hydrogen) atoms. The van der Waals surface area contributed by atoms with Crippen molar-refractivity contribution in [2.45, 2.75) is 26.2 Å². The molecular weight excluding hydrogens is 607 g/mol. The summed E-state index contributed by atoms with van der Waals surface area (Å²) in [7, 11) is 0. The van der Waals surface area contributed by atoms with Crippen molar-refractivity contribution in [1.82, 2.24) is 0 Å². The van der Waals surface area contributed by atoms with Gasteiger partial charge in [0.25, 0.3) is 0 Å². The Morgan fingerprint density at radius 1 is 0.440 bits per heavy atom. The van der Waals surface area contributed by atoms with Gasteiger partial charge in [0.1, 0.15) is 11.2 Å². The molecule has 9 aromatic rings. The molecule has 2 nitrogen and oxygen atoms in total. The van der Waals surface area contributed by atoms with Crippen LogP contribution in [-0.4, -0.2) is 0 Å². The Labute approximate surface area is 292 Å². The van der Waals surface area contributed by atoms with Crippen molar-refractivity contribution in [2.75, 3.05) is 4.90 Å². The lowest BCUT2D eigenvalue weighted by Crippen LogP contribution is -2.15. The third kappa shape index (κ3) is 5.04. The van der Waals surface area contributed by atoms with Crippen LogP contribution in [0, 0.1) is 0 Å². The van der Waals surface area contributed by atoms with E-state index in [9.17, 15) is 0 Å². The van der Waals surface area contributed by atoms with Crippen molar-refractivity contribution in [3.8, 4) is 22.3 Å². The molecule has 0 unspecified atom stereocenters.